The molecule has 6 heteroatoms. The number of hydrogen-bond donors (Lipinski definition) is 2. The molecule has 0 saturated heterocycles. The summed E-state index contributed by atoms with van der Waals surface area (Å²) in [4.78, 5) is 17.1. The number of aromatic nitrogens is 1. The highest BCUT2D eigenvalue weighted by atomic mass is 35.5. The lowest BCUT2D eigenvalue weighted by Gasteiger charge is -2.06. The van der Waals surface area contributed by atoms with Gasteiger partial charge in [-0.25, -0.2) is 4.98 Å². The van der Waals surface area contributed by atoms with Crippen molar-refractivity contribution >= 4 is 34.8 Å². The highest BCUT2D eigenvalue weighted by molar-refractivity contribution is 7.15. The number of carbonyl (C=O) groups is 1. The monoisotopic (exact) mass is 261 g/mol. The molecule has 0 aliphatic heterocycles. The number of amides is 1. The van der Waals surface area contributed by atoms with Crippen molar-refractivity contribution in [1.82, 2.24) is 4.98 Å². The summed E-state index contributed by atoms with van der Waals surface area (Å²) in [6.45, 7) is 1.67. The molecular weight excluding hydrogens is 246 g/mol. The third-order valence-electron chi connectivity index (χ3n) is 2.49. The lowest BCUT2D eigenvalue weighted by atomic mass is 10.0. The molecule has 0 aromatic carbocycles. The maximum atomic E-state index is 11.4. The minimum absolute atomic E-state index is 0. The molecule has 90 valence electrons. The quantitative estimate of drug-likeness (QED) is 0.852. The summed E-state index contributed by atoms with van der Waals surface area (Å²) in [6.07, 6.45) is 4.58. The van der Waals surface area contributed by atoms with E-state index < -0.39 is 6.04 Å². The number of anilines is 1. The number of carbonyl (C=O) groups excluding carboxylic acids is 1. The first-order chi connectivity index (χ1) is 7.16. The topological polar surface area (TPSA) is 68.0 Å². The fourth-order valence-electron chi connectivity index (χ4n) is 1.62. The SMILES string of the molecule is CC(N)C(=O)Nc1nc2c(s1)CCCC2.Cl. The summed E-state index contributed by atoms with van der Waals surface area (Å²) in [6, 6.07) is -0.481. The predicted octanol–water partition coefficient (Wildman–Crippen LogP) is 1.73. The average molecular weight is 262 g/mol. The van der Waals surface area contributed by atoms with E-state index in [-0.39, 0.29) is 18.3 Å². The van der Waals surface area contributed by atoms with Crippen molar-refractivity contribution in [3.05, 3.63) is 10.6 Å². The summed E-state index contributed by atoms with van der Waals surface area (Å²) in [5.74, 6) is -0.166. The van der Waals surface area contributed by atoms with Crippen LogP contribution < -0.4 is 11.1 Å². The van der Waals surface area contributed by atoms with Crippen LogP contribution in [-0.2, 0) is 17.6 Å². The zero-order valence-electron chi connectivity index (χ0n) is 9.16. The van der Waals surface area contributed by atoms with Gasteiger partial charge in [-0.05, 0) is 32.6 Å². The second-order valence-electron chi connectivity index (χ2n) is 3.87. The molecule has 1 unspecified atom stereocenters. The first kappa shape index (κ1) is 13.4. The minimum atomic E-state index is -0.481. The summed E-state index contributed by atoms with van der Waals surface area (Å²) in [5.41, 5.74) is 6.63. The van der Waals surface area contributed by atoms with Gasteiger partial charge in [0.15, 0.2) is 5.13 Å². The van der Waals surface area contributed by atoms with E-state index in [0.717, 1.165) is 18.5 Å². The molecule has 4 nitrogen and oxygen atoms in total. The van der Waals surface area contributed by atoms with Gasteiger partial charge in [0.1, 0.15) is 0 Å². The van der Waals surface area contributed by atoms with Gasteiger partial charge in [-0.3, -0.25) is 4.79 Å². The molecule has 0 bridgehead atoms. The number of fused-ring (bicyclic) bond motifs is 1. The minimum Gasteiger partial charge on any atom is -0.320 e. The van der Waals surface area contributed by atoms with Crippen molar-refractivity contribution < 1.29 is 4.79 Å². The molecule has 0 saturated carbocycles. The fraction of sp³-hybridized carbons (Fsp3) is 0.600. The number of hydrogen-bond acceptors (Lipinski definition) is 4. The zero-order valence-corrected chi connectivity index (χ0v) is 10.8. The van der Waals surface area contributed by atoms with Crippen molar-refractivity contribution in [3.8, 4) is 0 Å². The Hall–Kier alpha value is -0.650. The number of nitrogens with one attached hydrogen (secondary N) is 1. The Balaban J connectivity index is 0.00000128. The number of aryl methyl sites for hydroxylation is 2. The van der Waals surface area contributed by atoms with Crippen molar-refractivity contribution in [3.63, 3.8) is 0 Å². The van der Waals surface area contributed by atoms with E-state index in [1.54, 1.807) is 18.3 Å². The van der Waals surface area contributed by atoms with Gasteiger partial charge in [-0.2, -0.15) is 0 Å². The molecule has 3 N–H and O–H groups in total. The Labute approximate surface area is 105 Å². The molecular formula is C10H16ClN3OS. The third kappa shape index (κ3) is 2.93. The third-order valence-corrected chi connectivity index (χ3v) is 3.56. The number of halogens is 1. The van der Waals surface area contributed by atoms with E-state index >= 15 is 0 Å². The van der Waals surface area contributed by atoms with Crippen LogP contribution in [0.2, 0.25) is 0 Å². The maximum absolute atomic E-state index is 11.4. The van der Waals surface area contributed by atoms with E-state index in [2.05, 4.69) is 10.3 Å². The van der Waals surface area contributed by atoms with Crippen molar-refractivity contribution in [2.45, 2.75) is 38.6 Å². The van der Waals surface area contributed by atoms with Crippen LogP contribution in [0, 0.1) is 0 Å². The van der Waals surface area contributed by atoms with E-state index in [1.165, 1.54) is 17.7 Å². The fourth-order valence-corrected chi connectivity index (χ4v) is 2.68. The Morgan fingerprint density at radius 3 is 2.81 bits per heavy atom. The Morgan fingerprint density at radius 2 is 2.19 bits per heavy atom. The average Bonchev–Trinajstić information content (AvgIpc) is 2.59. The molecule has 2 rings (SSSR count). The first-order valence-corrected chi connectivity index (χ1v) is 6.03. The van der Waals surface area contributed by atoms with E-state index in [0.29, 0.717) is 5.13 Å². The van der Waals surface area contributed by atoms with Crippen LogP contribution >= 0.6 is 23.7 Å². The lowest BCUT2D eigenvalue weighted by molar-refractivity contribution is -0.117. The van der Waals surface area contributed by atoms with Gasteiger partial charge in [0.25, 0.3) is 0 Å². The summed E-state index contributed by atoms with van der Waals surface area (Å²) in [7, 11) is 0. The van der Waals surface area contributed by atoms with Gasteiger partial charge < -0.3 is 11.1 Å². The van der Waals surface area contributed by atoms with Gasteiger partial charge in [-0.1, -0.05) is 0 Å². The molecule has 1 aromatic heterocycles. The van der Waals surface area contributed by atoms with Gasteiger partial charge in [0, 0.05) is 4.88 Å². The highest BCUT2D eigenvalue weighted by Gasteiger charge is 2.17. The van der Waals surface area contributed by atoms with E-state index in [4.69, 9.17) is 5.73 Å². The van der Waals surface area contributed by atoms with Crippen LogP contribution in [0.3, 0.4) is 0 Å². The van der Waals surface area contributed by atoms with Crippen LogP contribution in [0.5, 0.6) is 0 Å². The highest BCUT2D eigenvalue weighted by Crippen LogP contribution is 2.29. The number of rotatable bonds is 2. The van der Waals surface area contributed by atoms with E-state index in [9.17, 15) is 4.79 Å². The standard InChI is InChI=1S/C10H15N3OS.ClH/c1-6(11)9(14)13-10-12-7-4-2-3-5-8(7)15-10;/h6H,2-5,11H2,1H3,(H,12,13,14);1H. The summed E-state index contributed by atoms with van der Waals surface area (Å²) < 4.78 is 0. The molecule has 16 heavy (non-hydrogen) atoms. The smallest absolute Gasteiger partial charge is 0.242 e. The molecule has 1 heterocycles. The Bertz CT molecular complexity index is 355. The Kier molecular flexibility index (Phi) is 4.70. The summed E-state index contributed by atoms with van der Waals surface area (Å²) in [5, 5.41) is 3.44. The molecule has 1 amide bonds. The van der Waals surface area contributed by atoms with Crippen LogP contribution in [0.1, 0.15) is 30.3 Å². The zero-order chi connectivity index (χ0) is 10.8. The second kappa shape index (κ2) is 5.61. The van der Waals surface area contributed by atoms with Gasteiger partial charge in [0.05, 0.1) is 11.7 Å². The van der Waals surface area contributed by atoms with Crippen molar-refractivity contribution in [2.75, 3.05) is 5.32 Å². The number of thiazole rings is 1. The number of nitrogens with zero attached hydrogens (tertiary/aromatic N) is 1. The van der Waals surface area contributed by atoms with Crippen LogP contribution in [0.15, 0.2) is 0 Å². The van der Waals surface area contributed by atoms with Gasteiger partial charge in [-0.15, -0.1) is 23.7 Å². The Morgan fingerprint density at radius 1 is 1.50 bits per heavy atom. The van der Waals surface area contributed by atoms with Gasteiger partial charge >= 0.3 is 0 Å². The van der Waals surface area contributed by atoms with Crippen LogP contribution in [0.25, 0.3) is 0 Å². The summed E-state index contributed by atoms with van der Waals surface area (Å²) >= 11 is 1.58. The molecule has 1 atom stereocenters. The van der Waals surface area contributed by atoms with Crippen LogP contribution in [-0.4, -0.2) is 16.9 Å². The van der Waals surface area contributed by atoms with Crippen molar-refractivity contribution in [1.29, 1.82) is 0 Å². The molecule has 0 fully saturated rings. The predicted molar refractivity (Wildman–Crippen MR) is 68.3 cm³/mol. The second-order valence-corrected chi connectivity index (χ2v) is 4.96. The normalized spacial score (nSPS) is 15.9. The maximum Gasteiger partial charge on any atom is 0.242 e. The molecule has 0 radical (unpaired) electrons. The molecule has 1 aliphatic rings. The lowest BCUT2D eigenvalue weighted by Crippen LogP contribution is -2.32. The van der Waals surface area contributed by atoms with E-state index in [1.807, 2.05) is 0 Å². The molecule has 1 aliphatic carbocycles. The van der Waals surface area contributed by atoms with Gasteiger partial charge in [0.2, 0.25) is 5.91 Å². The largest absolute Gasteiger partial charge is 0.320 e. The first-order valence-electron chi connectivity index (χ1n) is 5.22. The molecule has 1 aromatic rings. The molecule has 0 spiro atoms. The number of nitrogens with two attached hydrogens (primary N) is 1. The van der Waals surface area contributed by atoms with Crippen molar-refractivity contribution in [2.24, 2.45) is 5.73 Å². The van der Waals surface area contributed by atoms with Crippen LogP contribution in [0.4, 0.5) is 5.13 Å².